The predicted octanol–water partition coefficient (Wildman–Crippen LogP) is 3.38. The van der Waals surface area contributed by atoms with Crippen molar-refractivity contribution in [3.8, 4) is 17.7 Å². The molecule has 0 radical (unpaired) electrons. The lowest BCUT2D eigenvalue weighted by Gasteiger charge is -2.07. The Morgan fingerprint density at radius 3 is 2.73 bits per heavy atom. The van der Waals surface area contributed by atoms with E-state index in [9.17, 15) is 8.78 Å². The number of hydrogen-bond acceptors (Lipinski definition) is 5. The minimum absolute atomic E-state index is 0.0424. The zero-order chi connectivity index (χ0) is 15.7. The first-order valence-corrected chi connectivity index (χ1v) is 6.34. The van der Waals surface area contributed by atoms with Gasteiger partial charge in [0.2, 0.25) is 11.7 Å². The average molecular weight is 322 g/mol. The van der Waals surface area contributed by atoms with E-state index in [1.807, 2.05) is 6.07 Å². The molecule has 0 spiro atoms. The number of alkyl halides is 2. The van der Waals surface area contributed by atoms with E-state index in [0.29, 0.717) is 5.56 Å². The molecule has 0 aliphatic heterocycles. The molecule has 0 aliphatic carbocycles. The molecule has 110 valence electrons. The first-order valence-electron chi connectivity index (χ1n) is 5.96. The molecule has 0 amide bonds. The van der Waals surface area contributed by atoms with Gasteiger partial charge >= 0.3 is 0 Å². The van der Waals surface area contributed by atoms with Crippen molar-refractivity contribution in [1.82, 2.24) is 19.8 Å². The quantitative estimate of drug-likeness (QED) is 0.739. The molecule has 0 aliphatic rings. The fourth-order valence-electron chi connectivity index (χ4n) is 1.74. The van der Waals surface area contributed by atoms with Crippen molar-refractivity contribution in [2.24, 2.45) is 0 Å². The summed E-state index contributed by atoms with van der Waals surface area (Å²) in [4.78, 5) is 0. The van der Waals surface area contributed by atoms with Gasteiger partial charge in [0.05, 0.1) is 16.7 Å². The molecule has 9 heteroatoms. The molecule has 2 aromatic heterocycles. The number of benzene rings is 1. The molecule has 0 N–H and O–H groups in total. The summed E-state index contributed by atoms with van der Waals surface area (Å²) in [6.45, 7) is 0. The van der Waals surface area contributed by atoms with E-state index in [0.717, 1.165) is 4.52 Å². The highest BCUT2D eigenvalue weighted by atomic mass is 35.5. The summed E-state index contributed by atoms with van der Waals surface area (Å²) in [5, 5.41) is 19.8. The van der Waals surface area contributed by atoms with Crippen LogP contribution in [0.25, 0.3) is 5.65 Å². The van der Waals surface area contributed by atoms with Crippen molar-refractivity contribution in [2.45, 2.75) is 6.43 Å². The molecule has 0 fully saturated rings. The van der Waals surface area contributed by atoms with Crippen molar-refractivity contribution in [3.05, 3.63) is 46.7 Å². The molecule has 3 rings (SSSR count). The van der Waals surface area contributed by atoms with Crippen LogP contribution in [-0.4, -0.2) is 19.8 Å². The number of ether oxygens (including phenoxy) is 1. The molecule has 22 heavy (non-hydrogen) atoms. The van der Waals surface area contributed by atoms with Crippen LogP contribution in [0.5, 0.6) is 11.6 Å². The largest absolute Gasteiger partial charge is 0.436 e. The molecule has 0 saturated carbocycles. The third-order valence-corrected chi connectivity index (χ3v) is 3.03. The minimum atomic E-state index is -2.81. The van der Waals surface area contributed by atoms with E-state index in [2.05, 4.69) is 15.3 Å². The van der Waals surface area contributed by atoms with Gasteiger partial charge in [-0.05, 0) is 24.3 Å². The number of aromatic nitrogens is 4. The monoisotopic (exact) mass is 321 g/mol. The molecule has 0 unspecified atom stereocenters. The maximum absolute atomic E-state index is 12.8. The molecule has 0 saturated heterocycles. The molecular weight excluding hydrogens is 316 g/mol. The number of rotatable bonds is 3. The zero-order valence-electron chi connectivity index (χ0n) is 10.7. The van der Waals surface area contributed by atoms with Crippen LogP contribution in [0.3, 0.4) is 0 Å². The van der Waals surface area contributed by atoms with Gasteiger partial charge in [-0.3, -0.25) is 0 Å². The van der Waals surface area contributed by atoms with Crippen molar-refractivity contribution >= 4 is 17.2 Å². The Labute approximate surface area is 127 Å². The van der Waals surface area contributed by atoms with Crippen LogP contribution >= 0.6 is 11.6 Å². The highest BCUT2D eigenvalue weighted by Gasteiger charge is 2.17. The maximum Gasteiger partial charge on any atom is 0.299 e. The van der Waals surface area contributed by atoms with Gasteiger partial charge in [0.15, 0.2) is 5.65 Å². The molecule has 0 bridgehead atoms. The SMILES string of the molecule is N#Cc1ccc(Oc2ccc3nnc(C(F)F)n3n2)c(Cl)c1. The second kappa shape index (κ2) is 5.54. The first-order chi connectivity index (χ1) is 10.6. The van der Waals surface area contributed by atoms with Gasteiger partial charge in [0.25, 0.3) is 6.43 Å². The van der Waals surface area contributed by atoms with E-state index >= 15 is 0 Å². The Kier molecular flexibility index (Phi) is 3.56. The number of halogens is 3. The number of nitrogens with zero attached hydrogens (tertiary/aromatic N) is 5. The highest BCUT2D eigenvalue weighted by Crippen LogP contribution is 2.29. The summed E-state index contributed by atoms with van der Waals surface area (Å²) >= 11 is 5.98. The lowest BCUT2D eigenvalue weighted by molar-refractivity contribution is 0.137. The van der Waals surface area contributed by atoms with Crippen molar-refractivity contribution < 1.29 is 13.5 Å². The lowest BCUT2D eigenvalue weighted by atomic mass is 10.2. The van der Waals surface area contributed by atoms with Crippen LogP contribution in [0, 0.1) is 11.3 Å². The van der Waals surface area contributed by atoms with Gasteiger partial charge in [-0.25, -0.2) is 8.78 Å². The van der Waals surface area contributed by atoms with Crippen LogP contribution in [0.1, 0.15) is 17.8 Å². The normalized spacial score (nSPS) is 10.9. The fourth-order valence-corrected chi connectivity index (χ4v) is 1.96. The van der Waals surface area contributed by atoms with Gasteiger partial charge < -0.3 is 4.74 Å². The van der Waals surface area contributed by atoms with Gasteiger partial charge in [-0.1, -0.05) is 11.6 Å². The van der Waals surface area contributed by atoms with Gasteiger partial charge in [0.1, 0.15) is 5.75 Å². The third-order valence-electron chi connectivity index (χ3n) is 2.73. The van der Waals surface area contributed by atoms with Gasteiger partial charge in [0, 0.05) is 6.07 Å². The number of hydrogen-bond donors (Lipinski definition) is 0. The van der Waals surface area contributed by atoms with Crippen molar-refractivity contribution in [2.75, 3.05) is 0 Å². The summed E-state index contributed by atoms with van der Waals surface area (Å²) in [6, 6.07) is 9.27. The van der Waals surface area contributed by atoms with Crippen LogP contribution in [0.2, 0.25) is 5.02 Å². The molecule has 2 heterocycles. The first kappa shape index (κ1) is 14.2. The molecule has 0 atom stereocenters. The molecule has 1 aromatic carbocycles. The Morgan fingerprint density at radius 1 is 1.23 bits per heavy atom. The second-order valence-electron chi connectivity index (χ2n) is 4.16. The van der Waals surface area contributed by atoms with Crippen molar-refractivity contribution in [3.63, 3.8) is 0 Å². The van der Waals surface area contributed by atoms with E-state index in [1.54, 1.807) is 0 Å². The smallest absolute Gasteiger partial charge is 0.299 e. The van der Waals surface area contributed by atoms with Crippen LogP contribution in [-0.2, 0) is 0 Å². The molecule has 3 aromatic rings. The minimum Gasteiger partial charge on any atom is -0.436 e. The van der Waals surface area contributed by atoms with Crippen LogP contribution < -0.4 is 4.74 Å². The number of fused-ring (bicyclic) bond motifs is 1. The summed E-state index contributed by atoms with van der Waals surface area (Å²) in [7, 11) is 0. The average Bonchev–Trinajstić information content (AvgIpc) is 2.92. The third kappa shape index (κ3) is 2.54. The van der Waals surface area contributed by atoms with Gasteiger partial charge in [-0.15, -0.1) is 15.3 Å². The van der Waals surface area contributed by atoms with Crippen molar-refractivity contribution in [1.29, 1.82) is 5.26 Å². The Balaban J connectivity index is 1.97. The van der Waals surface area contributed by atoms with Gasteiger partial charge in [-0.2, -0.15) is 9.78 Å². The topological polar surface area (TPSA) is 76.1 Å². The highest BCUT2D eigenvalue weighted by molar-refractivity contribution is 6.32. The second-order valence-corrected chi connectivity index (χ2v) is 4.57. The van der Waals surface area contributed by atoms with Crippen LogP contribution in [0.4, 0.5) is 8.78 Å². The zero-order valence-corrected chi connectivity index (χ0v) is 11.5. The Hall–Kier alpha value is -2.79. The summed E-state index contributed by atoms with van der Waals surface area (Å²) in [5.41, 5.74) is 0.549. The lowest BCUT2D eigenvalue weighted by Crippen LogP contribution is -2.01. The predicted molar refractivity (Wildman–Crippen MR) is 72.0 cm³/mol. The summed E-state index contributed by atoms with van der Waals surface area (Å²) in [6.07, 6.45) is -2.81. The van der Waals surface area contributed by atoms with E-state index < -0.39 is 12.2 Å². The Bertz CT molecular complexity index is 890. The Morgan fingerprint density at radius 2 is 2.05 bits per heavy atom. The fraction of sp³-hybridized carbons (Fsp3) is 0.0769. The van der Waals surface area contributed by atoms with E-state index in [4.69, 9.17) is 21.6 Å². The number of nitriles is 1. The van der Waals surface area contributed by atoms with E-state index in [1.165, 1.54) is 30.3 Å². The maximum atomic E-state index is 12.8. The molecule has 6 nitrogen and oxygen atoms in total. The van der Waals surface area contributed by atoms with Crippen LogP contribution in [0.15, 0.2) is 30.3 Å². The summed E-state index contributed by atoms with van der Waals surface area (Å²) < 4.78 is 31.9. The standard InChI is InChI=1S/C13H6ClF2N5O/c14-8-5-7(6-17)1-2-9(8)22-11-4-3-10-18-19-13(12(15)16)21(10)20-11/h1-5,12H. The summed E-state index contributed by atoms with van der Waals surface area (Å²) in [5.74, 6) is -0.286. The molecular formula is C13H6ClF2N5O. The van der Waals surface area contributed by atoms with E-state index in [-0.39, 0.29) is 22.3 Å².